The Morgan fingerprint density at radius 1 is 1.21 bits per heavy atom. The van der Waals surface area contributed by atoms with E-state index in [1.165, 1.54) is 16.5 Å². The van der Waals surface area contributed by atoms with Crippen LogP contribution in [0.3, 0.4) is 0 Å². The Balaban J connectivity index is 1.68. The molecule has 0 unspecified atom stereocenters. The fraction of sp³-hybridized carbons (Fsp3) is 0.500. The number of aliphatic hydroxyl groups excluding tert-OH is 1. The summed E-state index contributed by atoms with van der Waals surface area (Å²) < 4.78 is 5.85. The fourth-order valence-electron chi connectivity index (χ4n) is 2.46. The molecule has 0 amide bonds. The molecule has 1 aliphatic rings. The quantitative estimate of drug-likeness (QED) is 0.868. The predicted molar refractivity (Wildman–Crippen MR) is 76.1 cm³/mol. The van der Waals surface area contributed by atoms with Gasteiger partial charge in [-0.3, -0.25) is 0 Å². The highest BCUT2D eigenvalue weighted by Gasteiger charge is 2.41. The van der Waals surface area contributed by atoms with Crippen LogP contribution < -0.4 is 5.32 Å². The Labute approximate surface area is 113 Å². The van der Waals surface area contributed by atoms with Crippen LogP contribution in [-0.2, 0) is 6.54 Å². The lowest BCUT2D eigenvalue weighted by Crippen LogP contribution is -2.25. The highest BCUT2D eigenvalue weighted by Crippen LogP contribution is 2.44. The Bertz CT molecular complexity index is 557. The minimum Gasteiger partial charge on any atom is -0.460 e. The van der Waals surface area contributed by atoms with Crippen LogP contribution in [0.1, 0.15) is 29.7 Å². The van der Waals surface area contributed by atoms with E-state index < -0.39 is 0 Å². The zero-order chi connectivity index (χ0) is 13.5. The Kier molecular flexibility index (Phi) is 3.11. The van der Waals surface area contributed by atoms with Gasteiger partial charge in [0.1, 0.15) is 11.3 Å². The molecule has 1 aromatic carbocycles. The van der Waals surface area contributed by atoms with Crippen molar-refractivity contribution in [2.24, 2.45) is 5.41 Å². The van der Waals surface area contributed by atoms with Crippen LogP contribution in [0.15, 0.2) is 22.6 Å². The molecule has 0 radical (unpaired) electrons. The van der Waals surface area contributed by atoms with E-state index in [2.05, 4.69) is 37.4 Å². The lowest BCUT2D eigenvalue weighted by Gasteiger charge is -2.11. The number of rotatable bonds is 5. The smallest absolute Gasteiger partial charge is 0.134 e. The SMILES string of the molecule is Cc1cc2cc(CNCC3(CO)CC3)oc2cc1C. The molecule has 3 rings (SSSR count). The van der Waals surface area contributed by atoms with E-state index in [0.717, 1.165) is 37.3 Å². The van der Waals surface area contributed by atoms with Gasteiger partial charge in [0.05, 0.1) is 6.54 Å². The second-order valence-corrected chi connectivity index (χ2v) is 5.95. The van der Waals surface area contributed by atoms with E-state index in [1.807, 2.05) is 0 Å². The summed E-state index contributed by atoms with van der Waals surface area (Å²) in [6, 6.07) is 6.38. The fourth-order valence-corrected chi connectivity index (χ4v) is 2.46. The standard InChI is InChI=1S/C16H21NO2/c1-11-5-13-7-14(19-15(13)6-12(11)2)8-17-9-16(10-18)3-4-16/h5-7,17-18H,3-4,8-10H2,1-2H3. The lowest BCUT2D eigenvalue weighted by molar-refractivity contribution is 0.207. The Morgan fingerprint density at radius 2 is 1.95 bits per heavy atom. The molecule has 2 aromatic rings. The largest absolute Gasteiger partial charge is 0.460 e. The maximum atomic E-state index is 9.27. The van der Waals surface area contributed by atoms with Crippen molar-refractivity contribution in [1.29, 1.82) is 0 Å². The molecule has 3 nitrogen and oxygen atoms in total. The Morgan fingerprint density at radius 3 is 2.63 bits per heavy atom. The molecular weight excluding hydrogens is 238 g/mol. The Hall–Kier alpha value is -1.32. The van der Waals surface area contributed by atoms with Crippen LogP contribution in [0.2, 0.25) is 0 Å². The average Bonchev–Trinajstić information content (AvgIpc) is 3.06. The molecule has 1 heterocycles. The second kappa shape index (κ2) is 4.66. The second-order valence-electron chi connectivity index (χ2n) is 5.95. The first kappa shape index (κ1) is 12.7. The number of furan rings is 1. The van der Waals surface area contributed by atoms with E-state index >= 15 is 0 Å². The normalized spacial score (nSPS) is 17.0. The zero-order valence-corrected chi connectivity index (χ0v) is 11.6. The molecule has 1 saturated carbocycles. The van der Waals surface area contributed by atoms with E-state index in [0.29, 0.717) is 6.61 Å². The molecule has 2 N–H and O–H groups in total. The van der Waals surface area contributed by atoms with E-state index in [4.69, 9.17) is 4.42 Å². The highest BCUT2D eigenvalue weighted by molar-refractivity contribution is 5.79. The number of hydrogen-bond donors (Lipinski definition) is 2. The molecule has 19 heavy (non-hydrogen) atoms. The molecule has 1 aromatic heterocycles. The molecule has 0 atom stereocenters. The molecule has 102 valence electrons. The molecular formula is C16H21NO2. The maximum absolute atomic E-state index is 9.27. The van der Waals surface area contributed by atoms with Crippen molar-refractivity contribution in [2.45, 2.75) is 33.2 Å². The third kappa shape index (κ3) is 2.53. The monoisotopic (exact) mass is 259 g/mol. The van der Waals surface area contributed by atoms with Crippen molar-refractivity contribution in [3.63, 3.8) is 0 Å². The summed E-state index contributed by atoms with van der Waals surface area (Å²) >= 11 is 0. The van der Waals surface area contributed by atoms with Gasteiger partial charge in [0.2, 0.25) is 0 Å². The van der Waals surface area contributed by atoms with Gasteiger partial charge < -0.3 is 14.8 Å². The van der Waals surface area contributed by atoms with Crippen molar-refractivity contribution >= 4 is 11.0 Å². The molecule has 1 fully saturated rings. The number of aryl methyl sites for hydroxylation is 2. The van der Waals surface area contributed by atoms with Crippen LogP contribution in [0.25, 0.3) is 11.0 Å². The summed E-state index contributed by atoms with van der Waals surface area (Å²) in [5.41, 5.74) is 3.67. The summed E-state index contributed by atoms with van der Waals surface area (Å²) in [5, 5.41) is 13.8. The average molecular weight is 259 g/mol. The number of aliphatic hydroxyl groups is 1. The van der Waals surface area contributed by atoms with Crippen LogP contribution in [0.4, 0.5) is 0 Å². The summed E-state index contributed by atoms with van der Waals surface area (Å²) in [6.07, 6.45) is 2.27. The van der Waals surface area contributed by atoms with Gasteiger partial charge in [0.25, 0.3) is 0 Å². The van der Waals surface area contributed by atoms with Gasteiger partial charge in [0.15, 0.2) is 0 Å². The number of hydrogen-bond acceptors (Lipinski definition) is 3. The zero-order valence-electron chi connectivity index (χ0n) is 11.6. The minimum absolute atomic E-state index is 0.152. The minimum atomic E-state index is 0.152. The van der Waals surface area contributed by atoms with Gasteiger partial charge in [-0.15, -0.1) is 0 Å². The summed E-state index contributed by atoms with van der Waals surface area (Å²) in [7, 11) is 0. The van der Waals surface area contributed by atoms with Gasteiger partial charge in [-0.05, 0) is 56.0 Å². The topological polar surface area (TPSA) is 45.4 Å². The molecule has 0 spiro atoms. The molecule has 1 aliphatic carbocycles. The molecule has 0 bridgehead atoms. The van der Waals surface area contributed by atoms with Gasteiger partial charge >= 0.3 is 0 Å². The van der Waals surface area contributed by atoms with Crippen LogP contribution in [0, 0.1) is 19.3 Å². The number of nitrogens with one attached hydrogen (secondary N) is 1. The summed E-state index contributed by atoms with van der Waals surface area (Å²) in [4.78, 5) is 0. The maximum Gasteiger partial charge on any atom is 0.134 e. The van der Waals surface area contributed by atoms with E-state index in [9.17, 15) is 5.11 Å². The van der Waals surface area contributed by atoms with E-state index in [-0.39, 0.29) is 5.41 Å². The van der Waals surface area contributed by atoms with Gasteiger partial charge in [-0.2, -0.15) is 0 Å². The van der Waals surface area contributed by atoms with Crippen LogP contribution in [0.5, 0.6) is 0 Å². The molecule has 0 saturated heterocycles. The first-order chi connectivity index (χ1) is 9.12. The van der Waals surface area contributed by atoms with Crippen molar-refractivity contribution in [1.82, 2.24) is 5.32 Å². The van der Waals surface area contributed by atoms with Gasteiger partial charge in [-0.25, -0.2) is 0 Å². The third-order valence-electron chi connectivity index (χ3n) is 4.28. The summed E-state index contributed by atoms with van der Waals surface area (Å²) in [5.74, 6) is 0.966. The van der Waals surface area contributed by atoms with Crippen molar-refractivity contribution < 1.29 is 9.52 Å². The number of fused-ring (bicyclic) bond motifs is 1. The lowest BCUT2D eigenvalue weighted by atomic mass is 10.1. The van der Waals surface area contributed by atoms with Crippen LogP contribution in [-0.4, -0.2) is 18.3 Å². The van der Waals surface area contributed by atoms with Crippen molar-refractivity contribution in [3.8, 4) is 0 Å². The van der Waals surface area contributed by atoms with E-state index in [1.54, 1.807) is 0 Å². The van der Waals surface area contributed by atoms with Crippen molar-refractivity contribution in [2.75, 3.05) is 13.2 Å². The van der Waals surface area contributed by atoms with Gasteiger partial charge in [-0.1, -0.05) is 0 Å². The summed E-state index contributed by atoms with van der Waals surface area (Å²) in [6.45, 7) is 6.12. The highest BCUT2D eigenvalue weighted by atomic mass is 16.3. The first-order valence-electron chi connectivity index (χ1n) is 6.93. The van der Waals surface area contributed by atoms with Gasteiger partial charge in [0, 0.05) is 24.0 Å². The molecule has 0 aliphatic heterocycles. The molecule has 3 heteroatoms. The predicted octanol–water partition coefficient (Wildman–Crippen LogP) is 2.91. The number of benzene rings is 1. The van der Waals surface area contributed by atoms with Crippen molar-refractivity contribution in [3.05, 3.63) is 35.1 Å². The van der Waals surface area contributed by atoms with Crippen LogP contribution >= 0.6 is 0 Å². The first-order valence-corrected chi connectivity index (χ1v) is 6.93. The third-order valence-corrected chi connectivity index (χ3v) is 4.28.